The number of likely N-dealkylation sites (N-methyl/N-ethyl adjacent to an activating group) is 1. The van der Waals surface area contributed by atoms with Crippen molar-refractivity contribution >= 4 is 33.3 Å². The molecule has 14 heteroatoms. The highest BCUT2D eigenvalue weighted by Gasteiger charge is 2.35. The first kappa shape index (κ1) is 31.0. The molecule has 3 amide bonds. The number of anilines is 2. The first-order valence-electron chi connectivity index (χ1n) is 13.9. The number of sulfonamides is 1. The van der Waals surface area contributed by atoms with E-state index in [2.05, 4.69) is 10.6 Å². The van der Waals surface area contributed by atoms with Gasteiger partial charge in [-0.3, -0.25) is 4.79 Å². The molecule has 0 aromatic heterocycles. The molecule has 2 aliphatic heterocycles. The van der Waals surface area contributed by atoms with E-state index in [0.717, 1.165) is 16.4 Å². The van der Waals surface area contributed by atoms with E-state index in [4.69, 9.17) is 14.2 Å². The second kappa shape index (κ2) is 12.7. The zero-order valence-electron chi connectivity index (χ0n) is 24.3. The predicted molar refractivity (Wildman–Crippen MR) is 159 cm³/mol. The third-order valence-electron chi connectivity index (χ3n) is 7.51. The standard InChI is InChI=1S/C30H33FN4O8S/c1-18-14-35(19(2)16-36)29(37)24-12-21(32-30(38)33-22-7-11-26-27(13-22)42-17-41-26)6-10-25(24)43-28(18)15-34(3)44(39,40)23-8-4-20(31)5-9-23/h4-13,18-19,28,36H,14-17H2,1-3H3,(H2,32,33,38)/t18-,19+,28+/m0/s1. The first-order valence-corrected chi connectivity index (χ1v) is 15.3. The average molecular weight is 629 g/mol. The van der Waals surface area contributed by atoms with Gasteiger partial charge in [-0.05, 0) is 61.5 Å². The van der Waals surface area contributed by atoms with Crippen molar-refractivity contribution in [1.82, 2.24) is 9.21 Å². The molecule has 0 aliphatic carbocycles. The van der Waals surface area contributed by atoms with Crippen LogP contribution in [0.25, 0.3) is 0 Å². The number of nitrogens with zero attached hydrogens (tertiary/aromatic N) is 2. The monoisotopic (exact) mass is 628 g/mol. The van der Waals surface area contributed by atoms with Crippen molar-refractivity contribution in [3.63, 3.8) is 0 Å². The normalized spacial score (nSPS) is 18.6. The predicted octanol–water partition coefficient (Wildman–Crippen LogP) is 3.74. The minimum atomic E-state index is -3.97. The molecule has 0 fully saturated rings. The molecule has 3 N–H and O–H groups in total. The van der Waals surface area contributed by atoms with Gasteiger partial charge < -0.3 is 34.9 Å². The number of ether oxygens (including phenoxy) is 3. The van der Waals surface area contributed by atoms with Crippen LogP contribution >= 0.6 is 0 Å². The van der Waals surface area contributed by atoms with Crippen LogP contribution in [0.15, 0.2) is 65.6 Å². The maximum Gasteiger partial charge on any atom is 0.323 e. The Morgan fingerprint density at radius 2 is 1.68 bits per heavy atom. The van der Waals surface area contributed by atoms with Gasteiger partial charge in [-0.1, -0.05) is 6.92 Å². The van der Waals surface area contributed by atoms with Crippen LogP contribution in [0.5, 0.6) is 17.2 Å². The van der Waals surface area contributed by atoms with Crippen LogP contribution in [0.4, 0.5) is 20.6 Å². The van der Waals surface area contributed by atoms with E-state index in [1.807, 2.05) is 6.92 Å². The van der Waals surface area contributed by atoms with Crippen molar-refractivity contribution in [2.45, 2.75) is 30.9 Å². The summed E-state index contributed by atoms with van der Waals surface area (Å²) < 4.78 is 57.9. The van der Waals surface area contributed by atoms with Crippen molar-refractivity contribution < 1.29 is 41.7 Å². The summed E-state index contributed by atoms with van der Waals surface area (Å²) in [5.74, 6) is -0.0521. The van der Waals surface area contributed by atoms with Crippen LogP contribution in [0.1, 0.15) is 24.2 Å². The van der Waals surface area contributed by atoms with Crippen molar-refractivity contribution in [3.8, 4) is 17.2 Å². The number of aliphatic hydroxyl groups is 1. The van der Waals surface area contributed by atoms with Gasteiger partial charge in [0.25, 0.3) is 5.91 Å². The number of fused-ring (bicyclic) bond motifs is 2. The number of rotatable bonds is 8. The molecule has 5 rings (SSSR count). The maximum absolute atomic E-state index is 13.7. The highest BCUT2D eigenvalue weighted by atomic mass is 32.2. The van der Waals surface area contributed by atoms with Gasteiger partial charge >= 0.3 is 6.03 Å². The summed E-state index contributed by atoms with van der Waals surface area (Å²) in [6.45, 7) is 3.42. The number of aliphatic hydroxyl groups excluding tert-OH is 1. The van der Waals surface area contributed by atoms with Gasteiger partial charge in [0.15, 0.2) is 11.5 Å². The molecule has 2 aliphatic rings. The van der Waals surface area contributed by atoms with Gasteiger partial charge in [0.05, 0.1) is 29.7 Å². The third kappa shape index (κ3) is 6.56. The van der Waals surface area contributed by atoms with E-state index < -0.39 is 39.9 Å². The third-order valence-corrected chi connectivity index (χ3v) is 9.35. The highest BCUT2D eigenvalue weighted by Crippen LogP contribution is 2.35. The number of nitrogens with one attached hydrogen (secondary N) is 2. The summed E-state index contributed by atoms with van der Waals surface area (Å²) in [6.07, 6.45) is -0.705. The van der Waals surface area contributed by atoms with Gasteiger partial charge in [0, 0.05) is 37.0 Å². The zero-order valence-corrected chi connectivity index (χ0v) is 25.1. The lowest BCUT2D eigenvalue weighted by molar-refractivity contribution is 0.0387. The molecule has 2 heterocycles. The number of hydrogen-bond acceptors (Lipinski definition) is 8. The molecule has 3 atom stereocenters. The maximum atomic E-state index is 13.7. The van der Waals surface area contributed by atoms with Crippen molar-refractivity contribution in [2.24, 2.45) is 5.92 Å². The van der Waals surface area contributed by atoms with Crippen LogP contribution in [-0.2, 0) is 10.0 Å². The average Bonchev–Trinajstić information content (AvgIpc) is 3.47. The van der Waals surface area contributed by atoms with Crippen LogP contribution in [0.2, 0.25) is 0 Å². The van der Waals surface area contributed by atoms with Gasteiger partial charge in [-0.15, -0.1) is 0 Å². The van der Waals surface area contributed by atoms with E-state index >= 15 is 0 Å². The molecule has 234 valence electrons. The second-order valence-electron chi connectivity index (χ2n) is 10.7. The lowest BCUT2D eigenvalue weighted by Gasteiger charge is -2.38. The van der Waals surface area contributed by atoms with Crippen molar-refractivity contribution in [2.75, 3.05) is 44.2 Å². The van der Waals surface area contributed by atoms with E-state index in [1.54, 1.807) is 31.2 Å². The minimum Gasteiger partial charge on any atom is -0.488 e. The molecule has 0 spiro atoms. The smallest absolute Gasteiger partial charge is 0.323 e. The van der Waals surface area contributed by atoms with E-state index in [9.17, 15) is 27.5 Å². The molecule has 44 heavy (non-hydrogen) atoms. The summed E-state index contributed by atoms with van der Waals surface area (Å²) in [5.41, 5.74) is 0.903. The number of halogens is 1. The quantitative estimate of drug-likeness (QED) is 0.342. The van der Waals surface area contributed by atoms with Crippen molar-refractivity contribution in [1.29, 1.82) is 0 Å². The minimum absolute atomic E-state index is 0.0688. The van der Waals surface area contributed by atoms with Gasteiger partial charge in [0.1, 0.15) is 17.7 Å². The summed E-state index contributed by atoms with van der Waals surface area (Å²) in [7, 11) is -2.57. The lowest BCUT2D eigenvalue weighted by atomic mass is 9.99. The number of amides is 3. The van der Waals surface area contributed by atoms with E-state index in [1.165, 1.54) is 36.2 Å². The molecule has 0 radical (unpaired) electrons. The summed E-state index contributed by atoms with van der Waals surface area (Å²) in [4.78, 5) is 27.9. The Hall–Kier alpha value is -4.40. The summed E-state index contributed by atoms with van der Waals surface area (Å²) in [5, 5.41) is 15.3. The van der Waals surface area contributed by atoms with E-state index in [-0.39, 0.29) is 48.6 Å². The Bertz CT molecular complexity index is 1650. The first-order chi connectivity index (χ1) is 21.0. The Kier molecular flexibility index (Phi) is 8.95. The van der Waals surface area contributed by atoms with Gasteiger partial charge in [-0.25, -0.2) is 17.6 Å². The van der Waals surface area contributed by atoms with Gasteiger partial charge in [-0.2, -0.15) is 4.31 Å². The second-order valence-corrected chi connectivity index (χ2v) is 12.8. The summed E-state index contributed by atoms with van der Waals surface area (Å²) >= 11 is 0. The zero-order chi connectivity index (χ0) is 31.6. The molecule has 0 bridgehead atoms. The van der Waals surface area contributed by atoms with Crippen LogP contribution in [0.3, 0.4) is 0 Å². The van der Waals surface area contributed by atoms with Crippen LogP contribution < -0.4 is 24.8 Å². The molecule has 3 aromatic rings. The molecule has 3 aromatic carbocycles. The molecule has 0 saturated carbocycles. The Morgan fingerprint density at radius 1 is 1.05 bits per heavy atom. The largest absolute Gasteiger partial charge is 0.488 e. The fourth-order valence-electron chi connectivity index (χ4n) is 4.92. The van der Waals surface area contributed by atoms with Crippen molar-refractivity contribution in [3.05, 3.63) is 72.0 Å². The summed E-state index contributed by atoms with van der Waals surface area (Å²) in [6, 6.07) is 13.0. The Morgan fingerprint density at radius 3 is 2.36 bits per heavy atom. The van der Waals surface area contributed by atoms with E-state index in [0.29, 0.717) is 22.9 Å². The number of benzene rings is 3. The van der Waals surface area contributed by atoms with Crippen LogP contribution in [0, 0.1) is 11.7 Å². The number of carbonyl (C=O) groups excluding carboxylic acids is 2. The SMILES string of the molecule is C[C@H](CO)N1C[C@H](C)[C@@H](CN(C)S(=O)(=O)c2ccc(F)cc2)Oc2ccc(NC(=O)Nc3ccc4c(c3)OCO4)cc2C1=O. The topological polar surface area (TPSA) is 147 Å². The number of hydrogen-bond donors (Lipinski definition) is 3. The highest BCUT2D eigenvalue weighted by molar-refractivity contribution is 7.89. The molecular weight excluding hydrogens is 595 g/mol. The fourth-order valence-corrected chi connectivity index (χ4v) is 6.11. The number of urea groups is 1. The Balaban J connectivity index is 1.38. The fraction of sp³-hybridized carbons (Fsp3) is 0.333. The Labute approximate surface area is 254 Å². The lowest BCUT2D eigenvalue weighted by Crippen LogP contribution is -2.50. The molecule has 0 saturated heterocycles. The molecule has 0 unspecified atom stereocenters. The van der Waals surface area contributed by atoms with Gasteiger partial charge in [0.2, 0.25) is 16.8 Å². The molecule has 12 nitrogen and oxygen atoms in total. The molecular formula is C30H33FN4O8S. The van der Waals surface area contributed by atoms with Crippen LogP contribution in [-0.4, -0.2) is 80.4 Å². The number of carbonyl (C=O) groups is 2.